The Balaban J connectivity index is 1.67. The second-order valence-electron chi connectivity index (χ2n) is 5.35. The third-order valence-corrected chi connectivity index (χ3v) is 4.53. The summed E-state index contributed by atoms with van der Waals surface area (Å²) < 4.78 is 16.2. The molecule has 1 atom stereocenters. The molecule has 0 bridgehead atoms. The maximum atomic E-state index is 12.5. The quantitative estimate of drug-likeness (QED) is 0.457. The lowest BCUT2D eigenvalue weighted by Gasteiger charge is -2.08. The average molecular weight is 358 g/mol. The van der Waals surface area contributed by atoms with Crippen LogP contribution in [0.4, 0.5) is 0 Å². The summed E-state index contributed by atoms with van der Waals surface area (Å²) in [6.45, 7) is 6.15. The number of hydrogen-bond donors (Lipinski definition) is 0. The van der Waals surface area contributed by atoms with E-state index in [1.807, 2.05) is 20.8 Å². The molecule has 0 unspecified atom stereocenters. The van der Waals surface area contributed by atoms with Crippen LogP contribution in [0.5, 0.6) is 5.75 Å². The summed E-state index contributed by atoms with van der Waals surface area (Å²) in [5, 5.41) is 8.01. The summed E-state index contributed by atoms with van der Waals surface area (Å²) in [6, 6.07) is 8.88. The van der Waals surface area contributed by atoms with Crippen molar-refractivity contribution in [1.82, 2.24) is 10.2 Å². The van der Waals surface area contributed by atoms with Gasteiger partial charge in [0.25, 0.3) is 11.1 Å². The third-order valence-electron chi connectivity index (χ3n) is 3.59. The second-order valence-corrected chi connectivity index (χ2v) is 6.64. The van der Waals surface area contributed by atoms with Crippen LogP contribution < -0.4 is 4.74 Å². The lowest BCUT2D eigenvalue weighted by Crippen LogP contribution is -2.13. The van der Waals surface area contributed by atoms with Gasteiger partial charge >= 0.3 is 0 Å². The minimum atomic E-state index is -0.350. The van der Waals surface area contributed by atoms with Crippen LogP contribution in [0.1, 0.15) is 30.0 Å². The van der Waals surface area contributed by atoms with Gasteiger partial charge in [-0.05, 0) is 51.1 Å². The van der Waals surface area contributed by atoms with Crippen LogP contribution in [-0.4, -0.2) is 27.8 Å². The van der Waals surface area contributed by atoms with Gasteiger partial charge in [-0.3, -0.25) is 4.79 Å². The van der Waals surface area contributed by atoms with Crippen molar-refractivity contribution in [2.45, 2.75) is 31.2 Å². The first-order chi connectivity index (χ1) is 12.1. The molecular weight excluding hydrogens is 340 g/mol. The summed E-state index contributed by atoms with van der Waals surface area (Å²) >= 11 is 1.23. The third kappa shape index (κ3) is 3.93. The monoisotopic (exact) mass is 358 g/mol. The molecule has 7 heteroatoms. The normalized spacial score (nSPS) is 12.1. The number of carbonyl (C=O) groups is 1. The van der Waals surface area contributed by atoms with Crippen LogP contribution in [0.3, 0.4) is 0 Å². The van der Waals surface area contributed by atoms with Gasteiger partial charge in [0.15, 0.2) is 5.78 Å². The average Bonchev–Trinajstić information content (AvgIpc) is 3.24. The van der Waals surface area contributed by atoms with Crippen molar-refractivity contribution in [3.63, 3.8) is 0 Å². The molecule has 25 heavy (non-hydrogen) atoms. The number of ketones is 1. The van der Waals surface area contributed by atoms with Gasteiger partial charge in [-0.15, -0.1) is 10.2 Å². The molecule has 0 saturated heterocycles. The first-order valence-corrected chi connectivity index (χ1v) is 8.78. The number of Topliss-reactive ketones (excluding diaryl/α,β-unsaturated/α-hetero) is 1. The fraction of sp³-hybridized carbons (Fsp3) is 0.278. The van der Waals surface area contributed by atoms with E-state index in [1.54, 1.807) is 36.6 Å². The summed E-state index contributed by atoms with van der Waals surface area (Å²) in [5.74, 6) is 1.83. The number of thioether (sulfide) groups is 1. The Labute approximate surface area is 149 Å². The van der Waals surface area contributed by atoms with Gasteiger partial charge in [0.1, 0.15) is 11.5 Å². The zero-order valence-electron chi connectivity index (χ0n) is 14.2. The van der Waals surface area contributed by atoms with E-state index in [1.165, 1.54) is 11.8 Å². The predicted molar refractivity (Wildman–Crippen MR) is 94.0 cm³/mol. The van der Waals surface area contributed by atoms with Crippen molar-refractivity contribution in [2.75, 3.05) is 6.61 Å². The van der Waals surface area contributed by atoms with E-state index in [-0.39, 0.29) is 11.0 Å². The van der Waals surface area contributed by atoms with Crippen molar-refractivity contribution in [1.29, 1.82) is 0 Å². The molecular formula is C18H18N2O4S. The number of benzene rings is 1. The maximum Gasteiger partial charge on any atom is 0.277 e. The number of aromatic nitrogens is 2. The van der Waals surface area contributed by atoms with Crippen LogP contribution in [0.2, 0.25) is 0 Å². The molecule has 0 aliphatic rings. The highest BCUT2D eigenvalue weighted by atomic mass is 32.2. The number of carbonyl (C=O) groups excluding carboxylic acids is 1. The number of aryl methyl sites for hydroxylation is 1. The molecule has 1 aromatic carbocycles. The zero-order chi connectivity index (χ0) is 17.8. The fourth-order valence-corrected chi connectivity index (χ4v) is 3.06. The number of nitrogens with zero attached hydrogens (tertiary/aromatic N) is 2. The van der Waals surface area contributed by atoms with Crippen molar-refractivity contribution in [3.8, 4) is 17.2 Å². The van der Waals surface area contributed by atoms with Gasteiger partial charge in [0.2, 0.25) is 0 Å². The highest BCUT2D eigenvalue weighted by molar-refractivity contribution is 8.00. The summed E-state index contributed by atoms with van der Waals surface area (Å²) in [5.41, 5.74) is 1.37. The topological polar surface area (TPSA) is 78.4 Å². The van der Waals surface area contributed by atoms with E-state index in [0.717, 1.165) is 11.3 Å². The number of ether oxygens (including phenoxy) is 1. The van der Waals surface area contributed by atoms with Crippen molar-refractivity contribution in [2.24, 2.45) is 0 Å². The Morgan fingerprint density at radius 2 is 2.00 bits per heavy atom. The maximum absolute atomic E-state index is 12.5. The molecule has 2 heterocycles. The lowest BCUT2D eigenvalue weighted by atomic mass is 10.1. The predicted octanol–water partition coefficient (Wildman–Crippen LogP) is 4.40. The highest BCUT2D eigenvalue weighted by Gasteiger charge is 2.21. The van der Waals surface area contributed by atoms with Crippen molar-refractivity contribution >= 4 is 17.5 Å². The van der Waals surface area contributed by atoms with Gasteiger partial charge in [0.05, 0.1) is 23.7 Å². The first-order valence-electron chi connectivity index (χ1n) is 7.90. The van der Waals surface area contributed by atoms with Crippen LogP contribution in [0.25, 0.3) is 11.5 Å². The zero-order valence-corrected chi connectivity index (χ0v) is 15.0. The molecule has 0 saturated carbocycles. The van der Waals surface area contributed by atoms with E-state index in [4.69, 9.17) is 13.6 Å². The Bertz CT molecular complexity index is 854. The summed E-state index contributed by atoms with van der Waals surface area (Å²) in [7, 11) is 0. The number of rotatable bonds is 7. The molecule has 130 valence electrons. The molecule has 0 amide bonds. The van der Waals surface area contributed by atoms with E-state index >= 15 is 0 Å². The van der Waals surface area contributed by atoms with Gasteiger partial charge in [-0.2, -0.15) is 0 Å². The van der Waals surface area contributed by atoms with Crippen LogP contribution in [-0.2, 0) is 0 Å². The van der Waals surface area contributed by atoms with E-state index in [2.05, 4.69) is 10.2 Å². The smallest absolute Gasteiger partial charge is 0.277 e. The SMILES string of the molecule is CCOc1ccc(C(=O)[C@@H](C)Sc2nnc(-c3ccoc3C)o2)cc1. The highest BCUT2D eigenvalue weighted by Crippen LogP contribution is 2.29. The van der Waals surface area contributed by atoms with E-state index < -0.39 is 0 Å². The minimum absolute atomic E-state index is 0.00714. The van der Waals surface area contributed by atoms with Gasteiger partial charge in [-0.1, -0.05) is 11.8 Å². The largest absolute Gasteiger partial charge is 0.494 e. The Morgan fingerprint density at radius 1 is 1.24 bits per heavy atom. The molecule has 2 aromatic heterocycles. The fourth-order valence-electron chi connectivity index (χ4n) is 2.29. The molecule has 0 N–H and O–H groups in total. The molecule has 0 aliphatic heterocycles. The summed E-state index contributed by atoms with van der Waals surface area (Å²) in [6.07, 6.45) is 1.57. The van der Waals surface area contributed by atoms with Gasteiger partial charge in [0, 0.05) is 5.56 Å². The molecule has 0 spiro atoms. The number of furan rings is 1. The molecule has 3 aromatic rings. The van der Waals surface area contributed by atoms with Crippen molar-refractivity contribution in [3.05, 3.63) is 47.9 Å². The van der Waals surface area contributed by atoms with E-state index in [9.17, 15) is 4.79 Å². The van der Waals surface area contributed by atoms with Crippen molar-refractivity contribution < 1.29 is 18.4 Å². The van der Waals surface area contributed by atoms with Crippen LogP contribution in [0, 0.1) is 6.92 Å². The molecule has 6 nitrogen and oxygen atoms in total. The minimum Gasteiger partial charge on any atom is -0.494 e. The Morgan fingerprint density at radius 3 is 2.64 bits per heavy atom. The Kier molecular flexibility index (Phi) is 5.23. The molecule has 3 rings (SSSR count). The van der Waals surface area contributed by atoms with Crippen LogP contribution >= 0.6 is 11.8 Å². The van der Waals surface area contributed by atoms with Gasteiger partial charge in [-0.25, -0.2) is 0 Å². The van der Waals surface area contributed by atoms with Crippen LogP contribution in [0.15, 0.2) is 50.7 Å². The van der Waals surface area contributed by atoms with E-state index in [0.29, 0.717) is 29.0 Å². The molecule has 0 aliphatic carbocycles. The number of hydrogen-bond acceptors (Lipinski definition) is 7. The van der Waals surface area contributed by atoms with Gasteiger partial charge < -0.3 is 13.6 Å². The summed E-state index contributed by atoms with van der Waals surface area (Å²) in [4.78, 5) is 12.5. The Hall–Kier alpha value is -2.54. The standard InChI is InChI=1S/C18H18N2O4S/c1-4-22-14-7-5-13(6-8-14)16(21)12(3)25-18-20-19-17(24-18)15-9-10-23-11(15)2/h5-10,12H,4H2,1-3H3/t12-/m1/s1. The second kappa shape index (κ2) is 7.57. The lowest BCUT2D eigenvalue weighted by molar-refractivity contribution is 0.0993. The molecule has 0 radical (unpaired) electrons. The molecule has 0 fully saturated rings. The first kappa shape index (κ1) is 17.3.